The van der Waals surface area contributed by atoms with Crippen LogP contribution in [0.4, 0.5) is 4.39 Å². The van der Waals surface area contributed by atoms with Crippen molar-refractivity contribution >= 4 is 11.9 Å². The normalized spacial score (nSPS) is 24.9. The molecule has 2 fully saturated rings. The van der Waals surface area contributed by atoms with Crippen LogP contribution in [-0.4, -0.2) is 71.7 Å². The Kier molecular flexibility index (Phi) is 5.65. The number of ether oxygens (including phenoxy) is 1. The molecule has 2 aliphatic rings. The number of carboxylic acids is 1. The molecule has 3 rings (SSSR count). The van der Waals surface area contributed by atoms with Crippen LogP contribution < -0.4 is 0 Å². The van der Waals surface area contributed by atoms with Crippen molar-refractivity contribution < 1.29 is 23.8 Å². The first kappa shape index (κ1) is 17.8. The minimum Gasteiger partial charge on any atom is -0.480 e. The molecule has 1 aromatic carbocycles. The largest absolute Gasteiger partial charge is 0.480 e. The van der Waals surface area contributed by atoms with E-state index < -0.39 is 17.8 Å². The second-order valence-corrected chi connectivity index (χ2v) is 6.57. The van der Waals surface area contributed by atoms with E-state index in [-0.39, 0.29) is 18.4 Å². The summed E-state index contributed by atoms with van der Waals surface area (Å²) < 4.78 is 18.6. The molecule has 2 aliphatic heterocycles. The van der Waals surface area contributed by atoms with Crippen LogP contribution in [0.15, 0.2) is 24.3 Å². The van der Waals surface area contributed by atoms with Gasteiger partial charge in [0.1, 0.15) is 11.9 Å². The number of likely N-dealkylation sites (tertiary alicyclic amines) is 1. The first-order valence-corrected chi connectivity index (χ1v) is 8.63. The van der Waals surface area contributed by atoms with Crippen molar-refractivity contribution in [3.05, 3.63) is 35.6 Å². The lowest BCUT2D eigenvalue weighted by Crippen LogP contribution is -2.56. The maximum atomic E-state index is 13.3. The Morgan fingerprint density at radius 3 is 2.68 bits per heavy atom. The zero-order valence-electron chi connectivity index (χ0n) is 14.1. The molecule has 7 heteroatoms. The maximum absolute atomic E-state index is 13.3. The second-order valence-electron chi connectivity index (χ2n) is 6.57. The number of hydrogen-bond acceptors (Lipinski definition) is 4. The summed E-state index contributed by atoms with van der Waals surface area (Å²) in [5.41, 5.74) is 0.560. The first-order chi connectivity index (χ1) is 12.0. The Morgan fingerprint density at radius 1 is 1.24 bits per heavy atom. The Balaban J connectivity index is 1.66. The van der Waals surface area contributed by atoms with E-state index in [9.17, 15) is 19.1 Å². The van der Waals surface area contributed by atoms with Crippen LogP contribution in [0.25, 0.3) is 0 Å². The lowest BCUT2D eigenvalue weighted by atomic mass is 9.94. The highest BCUT2D eigenvalue weighted by atomic mass is 19.1. The number of nitrogens with zero attached hydrogens (tertiary/aromatic N) is 2. The second kappa shape index (κ2) is 7.93. The fourth-order valence-corrected chi connectivity index (χ4v) is 3.68. The van der Waals surface area contributed by atoms with Crippen molar-refractivity contribution in [3.8, 4) is 0 Å². The van der Waals surface area contributed by atoms with E-state index in [1.807, 2.05) is 0 Å². The van der Waals surface area contributed by atoms with E-state index in [2.05, 4.69) is 4.90 Å². The van der Waals surface area contributed by atoms with Crippen molar-refractivity contribution in [1.82, 2.24) is 9.80 Å². The number of aliphatic carboxylic acids is 1. The smallest absolute Gasteiger partial charge is 0.326 e. The molecule has 0 bridgehead atoms. The standard InChI is InChI=1S/C18H23FN2O4/c19-14-3-1-2-13(10-14)11-17(22)21-5-4-15(12-16(21)18(23)24)20-6-8-25-9-7-20/h1-3,10,15-16H,4-9,11-12H2,(H,23,24). The minimum absolute atomic E-state index is 0.0176. The fraction of sp³-hybridized carbons (Fsp3) is 0.556. The van der Waals surface area contributed by atoms with Gasteiger partial charge in [-0.1, -0.05) is 12.1 Å². The van der Waals surface area contributed by atoms with Crippen molar-refractivity contribution in [1.29, 1.82) is 0 Å². The van der Waals surface area contributed by atoms with Crippen LogP contribution in [0.3, 0.4) is 0 Å². The zero-order valence-corrected chi connectivity index (χ0v) is 14.1. The Morgan fingerprint density at radius 2 is 2.00 bits per heavy atom. The highest BCUT2D eigenvalue weighted by Crippen LogP contribution is 2.24. The molecule has 1 amide bonds. The molecule has 2 heterocycles. The molecule has 136 valence electrons. The Bertz CT molecular complexity index is 633. The van der Waals surface area contributed by atoms with Gasteiger partial charge in [-0.2, -0.15) is 0 Å². The number of benzene rings is 1. The number of piperidine rings is 1. The average molecular weight is 350 g/mol. The molecule has 1 N–H and O–H groups in total. The van der Waals surface area contributed by atoms with Crippen LogP contribution in [0.5, 0.6) is 0 Å². The summed E-state index contributed by atoms with van der Waals surface area (Å²) >= 11 is 0. The lowest BCUT2D eigenvalue weighted by Gasteiger charge is -2.43. The van der Waals surface area contributed by atoms with Gasteiger partial charge in [0.2, 0.25) is 5.91 Å². The van der Waals surface area contributed by atoms with Crippen molar-refractivity contribution in [2.24, 2.45) is 0 Å². The summed E-state index contributed by atoms with van der Waals surface area (Å²) in [6.45, 7) is 3.34. The van der Waals surface area contributed by atoms with Gasteiger partial charge in [-0.15, -0.1) is 0 Å². The number of carboxylic acid groups (broad SMARTS) is 1. The van der Waals surface area contributed by atoms with E-state index >= 15 is 0 Å². The molecule has 0 aliphatic carbocycles. The van der Waals surface area contributed by atoms with Crippen LogP contribution in [0.2, 0.25) is 0 Å². The van der Waals surface area contributed by atoms with Crippen LogP contribution in [-0.2, 0) is 20.7 Å². The predicted molar refractivity (Wildman–Crippen MR) is 88.7 cm³/mol. The van der Waals surface area contributed by atoms with Gasteiger partial charge >= 0.3 is 5.97 Å². The van der Waals surface area contributed by atoms with Gasteiger partial charge in [0.05, 0.1) is 19.6 Å². The van der Waals surface area contributed by atoms with Crippen molar-refractivity contribution in [3.63, 3.8) is 0 Å². The third-order valence-electron chi connectivity index (χ3n) is 4.99. The predicted octanol–water partition coefficient (Wildman–Crippen LogP) is 1.14. The minimum atomic E-state index is -0.981. The summed E-state index contributed by atoms with van der Waals surface area (Å²) in [6.07, 6.45) is 1.19. The highest BCUT2D eigenvalue weighted by molar-refractivity contribution is 5.85. The van der Waals surface area contributed by atoms with Crippen molar-refractivity contribution in [2.75, 3.05) is 32.8 Å². The molecular weight excluding hydrogens is 327 g/mol. The van der Waals surface area contributed by atoms with Gasteiger partial charge in [0.25, 0.3) is 0 Å². The summed E-state index contributed by atoms with van der Waals surface area (Å²) in [7, 11) is 0. The molecule has 0 radical (unpaired) electrons. The van der Waals surface area contributed by atoms with Crippen LogP contribution >= 0.6 is 0 Å². The molecular formula is C18H23FN2O4. The average Bonchev–Trinajstić information content (AvgIpc) is 2.62. The first-order valence-electron chi connectivity index (χ1n) is 8.63. The van der Waals surface area contributed by atoms with Crippen LogP contribution in [0.1, 0.15) is 18.4 Å². The third kappa shape index (κ3) is 4.35. The third-order valence-corrected chi connectivity index (χ3v) is 4.99. The topological polar surface area (TPSA) is 70.1 Å². The fourth-order valence-electron chi connectivity index (χ4n) is 3.68. The van der Waals surface area contributed by atoms with Gasteiger partial charge in [-0.05, 0) is 30.5 Å². The van der Waals surface area contributed by atoms with Gasteiger partial charge < -0.3 is 14.7 Å². The molecule has 2 unspecified atom stereocenters. The van der Waals surface area contributed by atoms with E-state index in [0.29, 0.717) is 31.7 Å². The Hall–Kier alpha value is -1.99. The van der Waals surface area contributed by atoms with Gasteiger partial charge in [-0.25, -0.2) is 9.18 Å². The molecule has 0 aromatic heterocycles. The summed E-state index contributed by atoms with van der Waals surface area (Å²) in [4.78, 5) is 28.0. The summed E-state index contributed by atoms with van der Waals surface area (Å²) in [5, 5.41) is 9.59. The number of hydrogen-bond donors (Lipinski definition) is 1. The molecule has 0 saturated carbocycles. The number of carbonyl (C=O) groups excluding carboxylic acids is 1. The van der Waals surface area contributed by atoms with Gasteiger partial charge in [0.15, 0.2) is 0 Å². The number of amides is 1. The number of halogens is 1. The van der Waals surface area contributed by atoms with Gasteiger partial charge in [0, 0.05) is 25.7 Å². The lowest BCUT2D eigenvalue weighted by molar-refractivity contribution is -0.153. The highest BCUT2D eigenvalue weighted by Gasteiger charge is 2.38. The number of rotatable bonds is 4. The van der Waals surface area contributed by atoms with Crippen LogP contribution in [0, 0.1) is 5.82 Å². The SMILES string of the molecule is O=C(O)C1CC(N2CCOCC2)CCN1C(=O)Cc1cccc(F)c1. The summed E-state index contributed by atoms with van der Waals surface area (Å²) in [5.74, 6) is -1.64. The van der Waals surface area contributed by atoms with E-state index in [1.165, 1.54) is 17.0 Å². The monoisotopic (exact) mass is 350 g/mol. The zero-order chi connectivity index (χ0) is 17.8. The number of carbonyl (C=O) groups is 2. The molecule has 25 heavy (non-hydrogen) atoms. The van der Waals surface area contributed by atoms with Gasteiger partial charge in [-0.3, -0.25) is 9.69 Å². The van der Waals surface area contributed by atoms with E-state index in [4.69, 9.17) is 4.74 Å². The quantitative estimate of drug-likeness (QED) is 0.882. The number of morpholine rings is 1. The molecule has 6 nitrogen and oxygen atoms in total. The van der Waals surface area contributed by atoms with E-state index in [1.54, 1.807) is 12.1 Å². The van der Waals surface area contributed by atoms with Crippen molar-refractivity contribution in [2.45, 2.75) is 31.3 Å². The summed E-state index contributed by atoms with van der Waals surface area (Å²) in [6, 6.07) is 5.19. The maximum Gasteiger partial charge on any atom is 0.326 e. The molecule has 2 saturated heterocycles. The van der Waals surface area contributed by atoms with E-state index in [0.717, 1.165) is 19.5 Å². The Labute approximate surface area is 146 Å². The molecule has 0 spiro atoms. The molecule has 2 atom stereocenters. The molecule has 1 aromatic rings.